The summed E-state index contributed by atoms with van der Waals surface area (Å²) in [5, 5.41) is 3.48. The predicted octanol–water partition coefficient (Wildman–Crippen LogP) is 2.83. The third-order valence-corrected chi connectivity index (χ3v) is 4.67. The van der Waals surface area contributed by atoms with Crippen LogP contribution in [0.4, 0.5) is 0 Å². The predicted molar refractivity (Wildman–Crippen MR) is 69.1 cm³/mol. The second kappa shape index (κ2) is 4.85. The summed E-state index contributed by atoms with van der Waals surface area (Å²) in [5.74, 6) is 0. The van der Waals surface area contributed by atoms with Crippen LogP contribution in [0.3, 0.4) is 0 Å². The number of rotatable bonds is 5. The van der Waals surface area contributed by atoms with Gasteiger partial charge in [-0.25, -0.2) is 0 Å². The lowest BCUT2D eigenvalue weighted by molar-refractivity contribution is 0.653. The van der Waals surface area contributed by atoms with Crippen LogP contribution in [0.5, 0.6) is 0 Å². The molecule has 2 nitrogen and oxygen atoms in total. The Bertz CT molecular complexity index is 322. The molecule has 0 unspecified atom stereocenters. The maximum absolute atomic E-state index is 4.33. The van der Waals surface area contributed by atoms with Gasteiger partial charge in [0.2, 0.25) is 0 Å². The zero-order chi connectivity index (χ0) is 10.7. The van der Waals surface area contributed by atoms with Gasteiger partial charge in [0.15, 0.2) is 0 Å². The second-order valence-corrected chi connectivity index (χ2v) is 6.15. The van der Waals surface area contributed by atoms with Crippen LogP contribution in [0.1, 0.15) is 18.5 Å². The monoisotopic (exact) mass is 286 g/mol. The smallest absolute Gasteiger partial charge is 0.0542 e. The number of thioether (sulfide) groups is 1. The van der Waals surface area contributed by atoms with E-state index in [0.717, 1.165) is 23.3 Å². The summed E-state index contributed by atoms with van der Waals surface area (Å²) >= 11 is 5.37. The Morgan fingerprint density at radius 2 is 2.33 bits per heavy atom. The molecule has 2 rings (SSSR count). The fourth-order valence-corrected chi connectivity index (χ4v) is 2.51. The number of nitrogens with zero attached hydrogens (tertiary/aromatic N) is 1. The largest absolute Gasteiger partial charge is 0.310 e. The lowest BCUT2D eigenvalue weighted by Crippen LogP contribution is -2.25. The number of halogens is 1. The Labute approximate surface area is 103 Å². The van der Waals surface area contributed by atoms with Crippen LogP contribution in [0.2, 0.25) is 0 Å². The van der Waals surface area contributed by atoms with E-state index in [1.807, 2.05) is 24.0 Å². The first-order valence-corrected chi connectivity index (χ1v) is 7.12. The van der Waals surface area contributed by atoms with Gasteiger partial charge in [-0.15, -0.1) is 0 Å². The normalized spacial score (nSPS) is 17.7. The van der Waals surface area contributed by atoms with Crippen molar-refractivity contribution in [2.45, 2.75) is 24.1 Å². The fourth-order valence-electron chi connectivity index (χ4n) is 1.52. The van der Waals surface area contributed by atoms with Crippen molar-refractivity contribution in [3.63, 3.8) is 0 Å². The molecule has 1 aromatic heterocycles. The van der Waals surface area contributed by atoms with Gasteiger partial charge in [0.25, 0.3) is 0 Å². The van der Waals surface area contributed by atoms with E-state index >= 15 is 0 Å². The molecule has 0 aromatic carbocycles. The standard InChI is InChI=1S/C11H15BrN2S/c1-15-11(4-5-11)8-13-7-10-3-2-9(12)6-14-10/h2-3,6,13H,4-5,7-8H2,1H3. The molecule has 1 N–H and O–H groups in total. The Hall–Kier alpha value is -0.0600. The van der Waals surface area contributed by atoms with Crippen LogP contribution in [0.15, 0.2) is 22.8 Å². The summed E-state index contributed by atoms with van der Waals surface area (Å²) in [6.45, 7) is 1.97. The van der Waals surface area contributed by atoms with Crippen LogP contribution in [-0.4, -0.2) is 22.5 Å². The summed E-state index contributed by atoms with van der Waals surface area (Å²) in [6.07, 6.45) is 6.76. The summed E-state index contributed by atoms with van der Waals surface area (Å²) in [5.41, 5.74) is 1.11. The minimum Gasteiger partial charge on any atom is -0.310 e. The van der Waals surface area contributed by atoms with E-state index in [4.69, 9.17) is 0 Å². The van der Waals surface area contributed by atoms with E-state index in [9.17, 15) is 0 Å². The molecule has 1 aliphatic rings. The van der Waals surface area contributed by atoms with E-state index in [1.165, 1.54) is 12.8 Å². The zero-order valence-corrected chi connectivity index (χ0v) is 11.2. The summed E-state index contributed by atoms with van der Waals surface area (Å²) in [4.78, 5) is 4.33. The maximum atomic E-state index is 4.33. The molecule has 1 aliphatic carbocycles. The van der Waals surface area contributed by atoms with Gasteiger partial charge < -0.3 is 5.32 Å². The van der Waals surface area contributed by atoms with E-state index in [0.29, 0.717) is 4.75 Å². The highest BCUT2D eigenvalue weighted by molar-refractivity contribution is 9.10. The Morgan fingerprint density at radius 1 is 1.53 bits per heavy atom. The molecule has 0 saturated heterocycles. The van der Waals surface area contributed by atoms with Crippen molar-refractivity contribution in [2.75, 3.05) is 12.8 Å². The molecular weight excluding hydrogens is 272 g/mol. The summed E-state index contributed by atoms with van der Waals surface area (Å²) in [7, 11) is 0. The third kappa shape index (κ3) is 3.20. The van der Waals surface area contributed by atoms with Crippen molar-refractivity contribution in [3.8, 4) is 0 Å². The molecule has 0 radical (unpaired) electrons. The molecule has 0 amide bonds. The highest BCUT2D eigenvalue weighted by Gasteiger charge is 2.41. The van der Waals surface area contributed by atoms with Gasteiger partial charge in [0, 0.05) is 28.5 Å². The number of pyridine rings is 1. The molecule has 1 fully saturated rings. The van der Waals surface area contributed by atoms with Gasteiger partial charge in [-0.3, -0.25) is 4.98 Å². The van der Waals surface area contributed by atoms with Crippen LogP contribution >= 0.6 is 27.7 Å². The van der Waals surface area contributed by atoms with Gasteiger partial charge in [-0.05, 0) is 47.2 Å². The molecule has 0 atom stereocenters. The van der Waals surface area contributed by atoms with Gasteiger partial charge >= 0.3 is 0 Å². The molecule has 4 heteroatoms. The van der Waals surface area contributed by atoms with E-state index in [2.05, 4.69) is 38.6 Å². The molecule has 0 bridgehead atoms. The summed E-state index contributed by atoms with van der Waals surface area (Å²) in [6, 6.07) is 4.08. The minimum atomic E-state index is 0.537. The summed E-state index contributed by atoms with van der Waals surface area (Å²) < 4.78 is 1.57. The molecule has 1 aromatic rings. The number of hydrogen-bond donors (Lipinski definition) is 1. The molecule has 1 saturated carbocycles. The lowest BCUT2D eigenvalue weighted by atomic mass is 10.3. The highest BCUT2D eigenvalue weighted by Crippen LogP contribution is 2.46. The molecule has 15 heavy (non-hydrogen) atoms. The van der Waals surface area contributed by atoms with Crippen molar-refractivity contribution in [3.05, 3.63) is 28.5 Å². The lowest BCUT2D eigenvalue weighted by Gasteiger charge is -2.12. The average molecular weight is 287 g/mol. The maximum Gasteiger partial charge on any atom is 0.0542 e. The first-order chi connectivity index (χ1) is 7.24. The van der Waals surface area contributed by atoms with E-state index in [1.54, 1.807) is 0 Å². The topological polar surface area (TPSA) is 24.9 Å². The minimum absolute atomic E-state index is 0.537. The average Bonchev–Trinajstić information content (AvgIpc) is 3.02. The fraction of sp³-hybridized carbons (Fsp3) is 0.545. The third-order valence-electron chi connectivity index (χ3n) is 2.78. The molecule has 82 valence electrons. The first-order valence-electron chi connectivity index (χ1n) is 5.10. The Morgan fingerprint density at radius 3 is 2.87 bits per heavy atom. The molecule has 0 spiro atoms. The van der Waals surface area contributed by atoms with Crippen LogP contribution in [-0.2, 0) is 6.54 Å². The SMILES string of the molecule is CSC1(CNCc2ccc(Br)cn2)CC1. The van der Waals surface area contributed by atoms with E-state index < -0.39 is 0 Å². The highest BCUT2D eigenvalue weighted by atomic mass is 79.9. The first kappa shape index (κ1) is 11.4. The van der Waals surface area contributed by atoms with Gasteiger partial charge in [-0.2, -0.15) is 11.8 Å². The number of hydrogen-bond acceptors (Lipinski definition) is 3. The van der Waals surface area contributed by atoms with Crippen molar-refractivity contribution < 1.29 is 0 Å². The van der Waals surface area contributed by atoms with Crippen LogP contribution in [0, 0.1) is 0 Å². The van der Waals surface area contributed by atoms with Crippen LogP contribution < -0.4 is 5.32 Å². The van der Waals surface area contributed by atoms with Crippen molar-refractivity contribution in [1.82, 2.24) is 10.3 Å². The van der Waals surface area contributed by atoms with Crippen LogP contribution in [0.25, 0.3) is 0 Å². The zero-order valence-electron chi connectivity index (χ0n) is 8.79. The van der Waals surface area contributed by atoms with E-state index in [-0.39, 0.29) is 0 Å². The number of aromatic nitrogens is 1. The van der Waals surface area contributed by atoms with Gasteiger partial charge in [-0.1, -0.05) is 0 Å². The number of nitrogens with one attached hydrogen (secondary N) is 1. The molecule has 1 heterocycles. The van der Waals surface area contributed by atoms with Gasteiger partial charge in [0.1, 0.15) is 0 Å². The van der Waals surface area contributed by atoms with Crippen molar-refractivity contribution in [2.24, 2.45) is 0 Å². The Kier molecular flexibility index (Phi) is 3.69. The second-order valence-electron chi connectivity index (χ2n) is 3.96. The van der Waals surface area contributed by atoms with Crippen molar-refractivity contribution in [1.29, 1.82) is 0 Å². The van der Waals surface area contributed by atoms with Crippen molar-refractivity contribution >= 4 is 27.7 Å². The quantitative estimate of drug-likeness (QED) is 0.901. The molecule has 0 aliphatic heterocycles. The Balaban J connectivity index is 1.76. The van der Waals surface area contributed by atoms with Gasteiger partial charge in [0.05, 0.1) is 5.69 Å². The molecular formula is C11H15BrN2S.